The van der Waals surface area contributed by atoms with Crippen molar-refractivity contribution < 1.29 is 9.53 Å². The standard InChI is InChI=1S/C24H22N2O2S/c1-28-23-8-6-18-4-2-3-5-20(18)21(23)7-9-24(27)26-15-17-10-12-25-22(14-17)19-11-13-29-16-19/h2-6,8,10-14,16H,7,9,15H2,1H3,(H,26,27). The molecule has 2 heterocycles. The summed E-state index contributed by atoms with van der Waals surface area (Å²) in [6.07, 6.45) is 2.83. The van der Waals surface area contributed by atoms with Gasteiger partial charge in [-0.1, -0.05) is 30.3 Å². The number of rotatable bonds is 7. The van der Waals surface area contributed by atoms with Gasteiger partial charge in [0.15, 0.2) is 0 Å². The van der Waals surface area contributed by atoms with E-state index >= 15 is 0 Å². The quantitative estimate of drug-likeness (QED) is 0.461. The molecule has 4 aromatic rings. The molecule has 0 radical (unpaired) electrons. The van der Waals surface area contributed by atoms with E-state index < -0.39 is 0 Å². The van der Waals surface area contributed by atoms with Crippen molar-refractivity contribution in [1.82, 2.24) is 10.3 Å². The maximum atomic E-state index is 12.5. The van der Waals surface area contributed by atoms with E-state index in [1.807, 2.05) is 47.8 Å². The molecule has 0 bridgehead atoms. The van der Waals surface area contributed by atoms with Crippen molar-refractivity contribution in [2.24, 2.45) is 0 Å². The highest BCUT2D eigenvalue weighted by atomic mass is 32.1. The molecule has 0 aliphatic rings. The van der Waals surface area contributed by atoms with Crippen LogP contribution in [-0.2, 0) is 17.8 Å². The summed E-state index contributed by atoms with van der Waals surface area (Å²) >= 11 is 1.65. The number of pyridine rings is 1. The van der Waals surface area contributed by atoms with E-state index in [0.717, 1.165) is 38.9 Å². The van der Waals surface area contributed by atoms with Crippen molar-refractivity contribution in [1.29, 1.82) is 0 Å². The number of thiophene rings is 1. The van der Waals surface area contributed by atoms with Gasteiger partial charge < -0.3 is 10.1 Å². The highest BCUT2D eigenvalue weighted by Crippen LogP contribution is 2.29. The number of hydrogen-bond donors (Lipinski definition) is 1. The first-order valence-electron chi connectivity index (χ1n) is 9.53. The van der Waals surface area contributed by atoms with Gasteiger partial charge in [-0.15, -0.1) is 0 Å². The molecule has 0 unspecified atom stereocenters. The highest BCUT2D eigenvalue weighted by molar-refractivity contribution is 7.08. The summed E-state index contributed by atoms with van der Waals surface area (Å²) in [6.45, 7) is 0.491. The Balaban J connectivity index is 1.40. The lowest BCUT2D eigenvalue weighted by molar-refractivity contribution is -0.121. The van der Waals surface area contributed by atoms with E-state index in [1.54, 1.807) is 24.6 Å². The highest BCUT2D eigenvalue weighted by Gasteiger charge is 2.11. The van der Waals surface area contributed by atoms with Crippen LogP contribution < -0.4 is 10.1 Å². The summed E-state index contributed by atoms with van der Waals surface area (Å²) in [4.78, 5) is 16.9. The first-order chi connectivity index (χ1) is 14.2. The van der Waals surface area contributed by atoms with Crippen LogP contribution in [0.2, 0.25) is 0 Å². The molecule has 146 valence electrons. The second-order valence-corrected chi connectivity index (χ2v) is 7.59. The monoisotopic (exact) mass is 402 g/mol. The van der Waals surface area contributed by atoms with Crippen LogP contribution in [-0.4, -0.2) is 18.0 Å². The summed E-state index contributed by atoms with van der Waals surface area (Å²) in [7, 11) is 1.67. The zero-order valence-electron chi connectivity index (χ0n) is 16.2. The molecule has 0 spiro atoms. The Hall–Kier alpha value is -3.18. The summed E-state index contributed by atoms with van der Waals surface area (Å²) in [6, 6.07) is 18.2. The lowest BCUT2D eigenvalue weighted by Gasteiger charge is -2.12. The van der Waals surface area contributed by atoms with Gasteiger partial charge in [0.2, 0.25) is 5.91 Å². The first-order valence-corrected chi connectivity index (χ1v) is 10.5. The predicted molar refractivity (Wildman–Crippen MR) is 118 cm³/mol. The van der Waals surface area contributed by atoms with Gasteiger partial charge in [-0.3, -0.25) is 9.78 Å². The number of amides is 1. The molecule has 1 N–H and O–H groups in total. The molecule has 5 heteroatoms. The van der Waals surface area contributed by atoms with Crippen molar-refractivity contribution >= 4 is 28.0 Å². The average molecular weight is 403 g/mol. The molecule has 1 amide bonds. The van der Waals surface area contributed by atoms with Gasteiger partial charge in [0, 0.05) is 35.7 Å². The van der Waals surface area contributed by atoms with Crippen LogP contribution >= 0.6 is 11.3 Å². The summed E-state index contributed by atoms with van der Waals surface area (Å²) in [5, 5.41) is 9.42. The maximum absolute atomic E-state index is 12.5. The minimum Gasteiger partial charge on any atom is -0.496 e. The summed E-state index contributed by atoms with van der Waals surface area (Å²) in [5.74, 6) is 0.847. The van der Waals surface area contributed by atoms with E-state index in [-0.39, 0.29) is 5.91 Å². The van der Waals surface area contributed by atoms with Crippen LogP contribution in [0.25, 0.3) is 22.0 Å². The Morgan fingerprint density at radius 2 is 2.03 bits per heavy atom. The minimum absolute atomic E-state index is 0.0221. The van der Waals surface area contributed by atoms with Crippen molar-refractivity contribution in [2.75, 3.05) is 7.11 Å². The summed E-state index contributed by atoms with van der Waals surface area (Å²) < 4.78 is 5.53. The first kappa shape index (κ1) is 19.2. The molecule has 0 saturated heterocycles. The second-order valence-electron chi connectivity index (χ2n) is 6.81. The van der Waals surface area contributed by atoms with Crippen LogP contribution in [0.15, 0.2) is 71.6 Å². The number of fused-ring (bicyclic) bond motifs is 1. The van der Waals surface area contributed by atoms with E-state index in [0.29, 0.717) is 19.4 Å². The van der Waals surface area contributed by atoms with Crippen molar-refractivity contribution in [2.45, 2.75) is 19.4 Å². The molecule has 4 rings (SSSR count). The third-order valence-corrected chi connectivity index (χ3v) is 5.63. The van der Waals surface area contributed by atoms with Crippen LogP contribution in [0.4, 0.5) is 0 Å². The smallest absolute Gasteiger partial charge is 0.220 e. The molecule has 0 aliphatic heterocycles. The molecule has 0 atom stereocenters. The zero-order chi connectivity index (χ0) is 20.1. The van der Waals surface area contributed by atoms with Crippen LogP contribution in [0.1, 0.15) is 17.5 Å². The second kappa shape index (κ2) is 8.88. The lowest BCUT2D eigenvalue weighted by atomic mass is 9.99. The van der Waals surface area contributed by atoms with E-state index in [2.05, 4.69) is 27.8 Å². The number of carbonyl (C=O) groups is 1. The van der Waals surface area contributed by atoms with E-state index in [9.17, 15) is 4.79 Å². The fourth-order valence-electron chi connectivity index (χ4n) is 3.44. The minimum atomic E-state index is 0.0221. The molecule has 0 fully saturated rings. The number of benzene rings is 2. The Bertz CT molecular complexity index is 1120. The molecule has 29 heavy (non-hydrogen) atoms. The summed E-state index contributed by atoms with van der Waals surface area (Å²) in [5.41, 5.74) is 4.14. The van der Waals surface area contributed by atoms with Gasteiger partial charge in [-0.05, 0) is 52.4 Å². The van der Waals surface area contributed by atoms with Crippen molar-refractivity contribution in [3.8, 4) is 17.0 Å². The van der Waals surface area contributed by atoms with E-state index in [4.69, 9.17) is 4.74 Å². The fraction of sp³-hybridized carbons (Fsp3) is 0.167. The molecule has 2 aromatic heterocycles. The zero-order valence-corrected chi connectivity index (χ0v) is 17.0. The number of methoxy groups -OCH3 is 1. The van der Waals surface area contributed by atoms with Gasteiger partial charge in [-0.2, -0.15) is 11.3 Å². The Morgan fingerprint density at radius 3 is 2.86 bits per heavy atom. The van der Waals surface area contributed by atoms with Crippen LogP contribution in [0, 0.1) is 0 Å². The Morgan fingerprint density at radius 1 is 1.14 bits per heavy atom. The van der Waals surface area contributed by atoms with E-state index in [1.165, 1.54) is 0 Å². The number of aryl methyl sites for hydroxylation is 1. The number of nitrogens with one attached hydrogen (secondary N) is 1. The largest absolute Gasteiger partial charge is 0.496 e. The molecular weight excluding hydrogens is 380 g/mol. The third kappa shape index (κ3) is 4.46. The molecule has 2 aromatic carbocycles. The van der Waals surface area contributed by atoms with Gasteiger partial charge in [0.25, 0.3) is 0 Å². The topological polar surface area (TPSA) is 51.2 Å². The Labute approximate surface area is 174 Å². The van der Waals surface area contributed by atoms with Crippen LogP contribution in [0.3, 0.4) is 0 Å². The number of ether oxygens (including phenoxy) is 1. The van der Waals surface area contributed by atoms with Gasteiger partial charge >= 0.3 is 0 Å². The molecule has 0 aliphatic carbocycles. The molecular formula is C24H22N2O2S. The predicted octanol–water partition coefficient (Wildman–Crippen LogP) is 5.22. The Kier molecular flexibility index (Phi) is 5.86. The van der Waals surface area contributed by atoms with Crippen LogP contribution in [0.5, 0.6) is 5.75 Å². The van der Waals surface area contributed by atoms with Crippen molar-refractivity contribution in [3.63, 3.8) is 0 Å². The molecule has 4 nitrogen and oxygen atoms in total. The van der Waals surface area contributed by atoms with Crippen molar-refractivity contribution in [3.05, 3.63) is 82.7 Å². The number of nitrogens with zero attached hydrogens (tertiary/aromatic N) is 1. The normalized spacial score (nSPS) is 10.8. The lowest BCUT2D eigenvalue weighted by Crippen LogP contribution is -2.23. The third-order valence-electron chi connectivity index (χ3n) is 4.95. The van der Waals surface area contributed by atoms with Gasteiger partial charge in [0.05, 0.1) is 12.8 Å². The number of aromatic nitrogens is 1. The number of carbonyl (C=O) groups excluding carboxylic acids is 1. The van der Waals surface area contributed by atoms with Gasteiger partial charge in [0.1, 0.15) is 5.75 Å². The average Bonchev–Trinajstić information content (AvgIpc) is 3.31. The number of hydrogen-bond acceptors (Lipinski definition) is 4. The SMILES string of the molecule is COc1ccc2ccccc2c1CCC(=O)NCc1ccnc(-c2ccsc2)c1. The van der Waals surface area contributed by atoms with Gasteiger partial charge in [-0.25, -0.2) is 0 Å². The maximum Gasteiger partial charge on any atom is 0.220 e. The fourth-order valence-corrected chi connectivity index (χ4v) is 4.09. The molecule has 0 saturated carbocycles.